The van der Waals surface area contributed by atoms with Crippen molar-refractivity contribution in [1.29, 1.82) is 0 Å². The lowest BCUT2D eigenvalue weighted by Crippen LogP contribution is -2.21. The van der Waals surface area contributed by atoms with Gasteiger partial charge >= 0.3 is 0 Å². The maximum Gasteiger partial charge on any atom is 0.141 e. The first-order valence-electron chi connectivity index (χ1n) is 5.67. The number of halogens is 1. The highest BCUT2D eigenvalue weighted by atomic mass is 19.1. The van der Waals surface area contributed by atoms with E-state index >= 15 is 0 Å². The lowest BCUT2D eigenvalue weighted by Gasteiger charge is -2.15. The summed E-state index contributed by atoms with van der Waals surface area (Å²) in [5.41, 5.74) is 0.848. The van der Waals surface area contributed by atoms with Gasteiger partial charge in [-0.2, -0.15) is 0 Å². The Bertz CT molecular complexity index is 439. The van der Waals surface area contributed by atoms with Crippen LogP contribution in [0.5, 0.6) is 0 Å². The average molecular weight is 234 g/mol. The number of aromatic nitrogens is 1. The molecule has 0 saturated heterocycles. The first-order chi connectivity index (χ1) is 8.29. The zero-order valence-electron chi connectivity index (χ0n) is 9.69. The third-order valence-electron chi connectivity index (χ3n) is 2.62. The fraction of sp³-hybridized carbons (Fsp3) is 0.308. The molecule has 2 aromatic rings. The normalized spacial score (nSPS) is 12.6. The van der Waals surface area contributed by atoms with Crippen LogP contribution >= 0.6 is 0 Å². The summed E-state index contributed by atoms with van der Waals surface area (Å²) in [7, 11) is 0. The molecule has 2 rings (SSSR count). The van der Waals surface area contributed by atoms with E-state index in [1.165, 1.54) is 12.3 Å². The van der Waals surface area contributed by atoms with Crippen LogP contribution in [-0.4, -0.2) is 4.98 Å². The van der Waals surface area contributed by atoms with Crippen molar-refractivity contribution < 1.29 is 8.81 Å². The second-order valence-electron chi connectivity index (χ2n) is 3.82. The van der Waals surface area contributed by atoms with E-state index in [2.05, 4.69) is 17.2 Å². The van der Waals surface area contributed by atoms with Gasteiger partial charge in [-0.3, -0.25) is 4.98 Å². The predicted molar refractivity (Wildman–Crippen MR) is 62.8 cm³/mol. The molecule has 17 heavy (non-hydrogen) atoms. The molecule has 0 aliphatic heterocycles. The minimum absolute atomic E-state index is 0.112. The minimum atomic E-state index is -0.311. The number of hydrogen-bond donors (Lipinski definition) is 1. The van der Waals surface area contributed by atoms with Crippen LogP contribution in [0.2, 0.25) is 0 Å². The number of rotatable bonds is 5. The second kappa shape index (κ2) is 5.59. The maximum atomic E-state index is 12.8. The van der Waals surface area contributed by atoms with Gasteiger partial charge in [-0.05, 0) is 30.7 Å². The fourth-order valence-corrected chi connectivity index (χ4v) is 1.69. The molecule has 0 radical (unpaired) electrons. The lowest BCUT2D eigenvalue weighted by atomic mass is 10.1. The summed E-state index contributed by atoms with van der Waals surface area (Å²) in [6.45, 7) is 2.70. The Balaban J connectivity index is 1.99. The summed E-state index contributed by atoms with van der Waals surface area (Å²) >= 11 is 0. The van der Waals surface area contributed by atoms with Gasteiger partial charge in [0.2, 0.25) is 0 Å². The summed E-state index contributed by atoms with van der Waals surface area (Å²) in [6, 6.07) is 7.02. The molecule has 0 aromatic carbocycles. The van der Waals surface area contributed by atoms with E-state index in [1.54, 1.807) is 12.3 Å². The highest BCUT2D eigenvalue weighted by Crippen LogP contribution is 2.15. The quantitative estimate of drug-likeness (QED) is 0.864. The Labute approximate surface area is 99.7 Å². The van der Waals surface area contributed by atoms with Gasteiger partial charge in [0.1, 0.15) is 11.6 Å². The second-order valence-corrected chi connectivity index (χ2v) is 3.82. The zero-order valence-corrected chi connectivity index (χ0v) is 9.69. The van der Waals surface area contributed by atoms with E-state index in [0.717, 1.165) is 17.9 Å². The molecule has 1 atom stereocenters. The van der Waals surface area contributed by atoms with Crippen molar-refractivity contribution in [2.24, 2.45) is 0 Å². The van der Waals surface area contributed by atoms with Gasteiger partial charge in [0, 0.05) is 6.04 Å². The van der Waals surface area contributed by atoms with Crippen LogP contribution in [0.4, 0.5) is 4.39 Å². The van der Waals surface area contributed by atoms with Crippen LogP contribution in [0.3, 0.4) is 0 Å². The van der Waals surface area contributed by atoms with E-state index in [1.807, 2.05) is 12.1 Å². The molecule has 2 aromatic heterocycles. The summed E-state index contributed by atoms with van der Waals surface area (Å²) in [5.74, 6) is 0.570. The molecule has 4 heteroatoms. The minimum Gasteiger partial charge on any atom is -0.468 e. The third-order valence-corrected chi connectivity index (χ3v) is 2.62. The van der Waals surface area contributed by atoms with Crippen molar-refractivity contribution >= 4 is 0 Å². The van der Waals surface area contributed by atoms with Crippen LogP contribution in [0.1, 0.15) is 30.8 Å². The van der Waals surface area contributed by atoms with E-state index < -0.39 is 0 Å². The SMILES string of the molecule is CCC(NCc1ccco1)c1ccc(F)cn1. The van der Waals surface area contributed by atoms with Crippen LogP contribution in [0.25, 0.3) is 0 Å². The van der Waals surface area contributed by atoms with Crippen molar-refractivity contribution in [3.8, 4) is 0 Å². The monoisotopic (exact) mass is 234 g/mol. The molecule has 0 spiro atoms. The Hall–Kier alpha value is -1.68. The molecule has 1 N–H and O–H groups in total. The van der Waals surface area contributed by atoms with Gasteiger partial charge in [0.05, 0.1) is 24.7 Å². The number of nitrogens with zero attached hydrogens (tertiary/aromatic N) is 1. The zero-order chi connectivity index (χ0) is 12.1. The highest BCUT2D eigenvalue weighted by Gasteiger charge is 2.10. The largest absolute Gasteiger partial charge is 0.468 e. The Kier molecular flexibility index (Phi) is 3.88. The molecule has 3 nitrogen and oxygen atoms in total. The number of hydrogen-bond acceptors (Lipinski definition) is 3. The summed E-state index contributed by atoms with van der Waals surface area (Å²) in [4.78, 5) is 4.08. The van der Waals surface area contributed by atoms with Gasteiger partial charge < -0.3 is 9.73 Å². The van der Waals surface area contributed by atoms with E-state index in [9.17, 15) is 4.39 Å². The lowest BCUT2D eigenvalue weighted by molar-refractivity contribution is 0.438. The molecule has 0 saturated carbocycles. The predicted octanol–water partition coefficient (Wildman–Crippen LogP) is 3.05. The van der Waals surface area contributed by atoms with Gasteiger partial charge in [-0.15, -0.1) is 0 Å². The molecule has 0 fully saturated rings. The molecule has 1 unspecified atom stereocenters. The van der Waals surface area contributed by atoms with Crippen LogP contribution < -0.4 is 5.32 Å². The smallest absolute Gasteiger partial charge is 0.141 e. The van der Waals surface area contributed by atoms with Gasteiger partial charge in [0.25, 0.3) is 0 Å². The van der Waals surface area contributed by atoms with Gasteiger partial charge in [-0.25, -0.2) is 4.39 Å². The molecule has 2 heterocycles. The summed E-state index contributed by atoms with van der Waals surface area (Å²) in [5, 5.41) is 3.33. The Morgan fingerprint density at radius 3 is 2.88 bits per heavy atom. The van der Waals surface area contributed by atoms with Crippen LogP contribution in [0.15, 0.2) is 41.1 Å². The molecule has 0 aliphatic carbocycles. The number of furan rings is 1. The molecule has 0 bridgehead atoms. The molecular formula is C13H15FN2O. The molecule has 0 aliphatic rings. The average Bonchev–Trinajstić information content (AvgIpc) is 2.85. The highest BCUT2D eigenvalue weighted by molar-refractivity contribution is 5.10. The molecular weight excluding hydrogens is 219 g/mol. The molecule has 90 valence electrons. The van der Waals surface area contributed by atoms with E-state index in [4.69, 9.17) is 4.42 Å². The molecule has 0 amide bonds. The van der Waals surface area contributed by atoms with Crippen molar-refractivity contribution in [3.63, 3.8) is 0 Å². The van der Waals surface area contributed by atoms with Crippen LogP contribution in [-0.2, 0) is 6.54 Å². The fourth-order valence-electron chi connectivity index (χ4n) is 1.69. The van der Waals surface area contributed by atoms with E-state index in [-0.39, 0.29) is 11.9 Å². The summed E-state index contributed by atoms with van der Waals surface area (Å²) < 4.78 is 18.0. The Morgan fingerprint density at radius 1 is 1.41 bits per heavy atom. The standard InChI is InChI=1S/C13H15FN2O/c1-2-12(13-6-5-10(14)8-15-13)16-9-11-4-3-7-17-11/h3-8,12,16H,2,9H2,1H3. The van der Waals surface area contributed by atoms with Gasteiger partial charge in [-0.1, -0.05) is 6.92 Å². The maximum absolute atomic E-state index is 12.8. The van der Waals surface area contributed by atoms with Crippen molar-refractivity contribution in [2.45, 2.75) is 25.9 Å². The van der Waals surface area contributed by atoms with Gasteiger partial charge in [0.15, 0.2) is 0 Å². The van der Waals surface area contributed by atoms with E-state index in [0.29, 0.717) is 6.54 Å². The number of nitrogens with one attached hydrogen (secondary N) is 1. The summed E-state index contributed by atoms with van der Waals surface area (Å²) in [6.07, 6.45) is 3.78. The third kappa shape index (κ3) is 3.14. The van der Waals surface area contributed by atoms with Crippen molar-refractivity contribution in [2.75, 3.05) is 0 Å². The van der Waals surface area contributed by atoms with Crippen molar-refractivity contribution in [1.82, 2.24) is 10.3 Å². The topological polar surface area (TPSA) is 38.1 Å². The first kappa shape index (κ1) is 11.8. The van der Waals surface area contributed by atoms with Crippen molar-refractivity contribution in [3.05, 3.63) is 54.0 Å². The number of pyridine rings is 1. The van der Waals surface area contributed by atoms with Crippen LogP contribution in [0, 0.1) is 5.82 Å². The first-order valence-corrected chi connectivity index (χ1v) is 5.67. The Morgan fingerprint density at radius 2 is 2.29 bits per heavy atom.